The lowest BCUT2D eigenvalue weighted by molar-refractivity contribution is -0.385. The van der Waals surface area contributed by atoms with E-state index >= 15 is 0 Å². The molecule has 7 nitrogen and oxygen atoms in total. The number of nitrogens with one attached hydrogen (secondary N) is 1. The van der Waals surface area contributed by atoms with Crippen LogP contribution in [0.3, 0.4) is 0 Å². The zero-order valence-corrected chi connectivity index (χ0v) is 16.2. The Morgan fingerprint density at radius 2 is 1.93 bits per heavy atom. The van der Waals surface area contributed by atoms with Crippen molar-refractivity contribution in [1.82, 2.24) is 5.32 Å². The van der Waals surface area contributed by atoms with Crippen molar-refractivity contribution in [2.75, 3.05) is 0 Å². The molecule has 0 spiro atoms. The summed E-state index contributed by atoms with van der Waals surface area (Å²) in [7, 11) is 0. The number of carbonyl (C=O) groups is 1. The second kappa shape index (κ2) is 8.26. The molecule has 8 heteroatoms. The Balaban J connectivity index is 2.17. The number of alkyl carbamates (subject to hydrolysis) is 1. The van der Waals surface area contributed by atoms with E-state index in [1.807, 2.05) is 0 Å². The number of benzene rings is 2. The largest absolute Gasteiger partial charge is 0.450 e. The van der Waals surface area contributed by atoms with Crippen LogP contribution in [-0.4, -0.2) is 16.6 Å². The summed E-state index contributed by atoms with van der Waals surface area (Å²) in [4.78, 5) is 22.5. The summed E-state index contributed by atoms with van der Waals surface area (Å²) >= 11 is 5.92. The topological polar surface area (TPSA) is 90.7 Å². The van der Waals surface area contributed by atoms with Gasteiger partial charge in [0.2, 0.25) is 5.75 Å². The second-order valence-electron chi connectivity index (χ2n) is 6.91. The molecule has 2 aromatic carbocycles. The average molecular weight is 393 g/mol. The minimum atomic E-state index is -0.597. The van der Waals surface area contributed by atoms with Crippen molar-refractivity contribution in [2.24, 2.45) is 0 Å². The molecule has 0 saturated heterocycles. The van der Waals surface area contributed by atoms with Crippen LogP contribution in [-0.2, 0) is 4.74 Å². The quantitative estimate of drug-likeness (QED) is 0.526. The highest BCUT2D eigenvalue weighted by molar-refractivity contribution is 6.30. The van der Waals surface area contributed by atoms with E-state index in [-0.39, 0.29) is 17.5 Å². The maximum Gasteiger partial charge on any atom is 0.408 e. The van der Waals surface area contributed by atoms with Crippen LogP contribution in [0.25, 0.3) is 0 Å². The zero-order chi connectivity index (χ0) is 20.2. The van der Waals surface area contributed by atoms with Crippen molar-refractivity contribution in [3.63, 3.8) is 0 Å². The van der Waals surface area contributed by atoms with Gasteiger partial charge >= 0.3 is 11.8 Å². The van der Waals surface area contributed by atoms with Crippen LogP contribution in [0.4, 0.5) is 10.5 Å². The van der Waals surface area contributed by atoms with Crippen molar-refractivity contribution in [2.45, 2.75) is 39.3 Å². The highest BCUT2D eigenvalue weighted by Gasteiger charge is 2.19. The zero-order valence-electron chi connectivity index (χ0n) is 15.5. The molecule has 144 valence electrons. The van der Waals surface area contributed by atoms with E-state index < -0.39 is 16.6 Å². The average Bonchev–Trinajstić information content (AvgIpc) is 2.53. The fourth-order valence-electron chi connectivity index (χ4n) is 2.26. The van der Waals surface area contributed by atoms with Crippen molar-refractivity contribution < 1.29 is 19.2 Å². The summed E-state index contributed by atoms with van der Waals surface area (Å²) in [6.07, 6.45) is -0.535. The van der Waals surface area contributed by atoms with E-state index in [0.29, 0.717) is 10.8 Å². The van der Waals surface area contributed by atoms with Crippen molar-refractivity contribution in [3.05, 3.63) is 63.2 Å². The Labute approximate surface area is 162 Å². The van der Waals surface area contributed by atoms with E-state index in [1.165, 1.54) is 18.2 Å². The number of nitro groups is 1. The third-order valence-corrected chi connectivity index (χ3v) is 3.67. The van der Waals surface area contributed by atoms with Crippen LogP contribution in [0.15, 0.2) is 42.5 Å². The number of hydrogen-bond donors (Lipinski definition) is 1. The molecule has 0 aromatic heterocycles. The summed E-state index contributed by atoms with van der Waals surface area (Å²) in [6, 6.07) is 10.6. The molecule has 0 fully saturated rings. The number of hydrogen-bond acceptors (Lipinski definition) is 5. The van der Waals surface area contributed by atoms with Crippen LogP contribution < -0.4 is 10.1 Å². The molecule has 0 aliphatic carbocycles. The summed E-state index contributed by atoms with van der Waals surface area (Å²) in [5, 5.41) is 14.2. The molecule has 1 atom stereocenters. The SMILES string of the molecule is C[C@@H](NC(=O)OC(C)(C)C)c1cccc(Oc2cc(Cl)ccc2[N+](=O)[O-])c1. The first-order valence-corrected chi connectivity index (χ1v) is 8.64. The Hall–Kier alpha value is -2.80. The Morgan fingerprint density at radius 3 is 2.56 bits per heavy atom. The maximum atomic E-state index is 11.9. The fourth-order valence-corrected chi connectivity index (χ4v) is 2.42. The standard InChI is InChI=1S/C19H21ClN2O5/c1-12(21-18(23)27-19(2,3)4)13-6-5-7-15(10-13)26-17-11-14(20)8-9-16(17)22(24)25/h5-12H,1-4H3,(H,21,23)/t12-/m1/s1. The van der Waals surface area contributed by atoms with E-state index in [4.69, 9.17) is 21.1 Å². The summed E-state index contributed by atoms with van der Waals surface area (Å²) in [6.45, 7) is 7.14. The van der Waals surface area contributed by atoms with Gasteiger partial charge in [-0.2, -0.15) is 0 Å². The van der Waals surface area contributed by atoms with E-state index in [0.717, 1.165) is 5.56 Å². The highest BCUT2D eigenvalue weighted by atomic mass is 35.5. The number of nitrogens with zero attached hydrogens (tertiary/aromatic N) is 1. The van der Waals surface area contributed by atoms with Crippen LogP contribution in [0.5, 0.6) is 11.5 Å². The van der Waals surface area contributed by atoms with E-state index in [2.05, 4.69) is 5.32 Å². The lowest BCUT2D eigenvalue weighted by Crippen LogP contribution is -2.34. The fraction of sp³-hybridized carbons (Fsp3) is 0.316. The molecule has 2 aromatic rings. The molecule has 0 unspecified atom stereocenters. The lowest BCUT2D eigenvalue weighted by Gasteiger charge is -2.22. The molecular formula is C19H21ClN2O5. The van der Waals surface area contributed by atoms with Gasteiger partial charge in [-0.15, -0.1) is 0 Å². The van der Waals surface area contributed by atoms with Gasteiger partial charge in [-0.3, -0.25) is 10.1 Å². The molecule has 27 heavy (non-hydrogen) atoms. The van der Waals surface area contributed by atoms with Gasteiger partial charge in [0.1, 0.15) is 11.4 Å². The maximum absolute atomic E-state index is 11.9. The van der Waals surface area contributed by atoms with Gasteiger partial charge in [-0.1, -0.05) is 23.7 Å². The first-order chi connectivity index (χ1) is 12.5. The van der Waals surface area contributed by atoms with Crippen LogP contribution in [0.2, 0.25) is 5.02 Å². The monoisotopic (exact) mass is 392 g/mol. The Kier molecular flexibility index (Phi) is 6.28. The molecule has 0 aliphatic rings. The van der Waals surface area contributed by atoms with Gasteiger partial charge in [-0.25, -0.2) is 4.79 Å². The summed E-state index contributed by atoms with van der Waals surface area (Å²) < 4.78 is 10.9. The molecule has 0 bridgehead atoms. The third kappa shape index (κ3) is 6.14. The summed E-state index contributed by atoms with van der Waals surface area (Å²) in [5.74, 6) is 0.424. The molecule has 0 radical (unpaired) electrons. The minimum Gasteiger partial charge on any atom is -0.450 e. The van der Waals surface area contributed by atoms with Crippen molar-refractivity contribution >= 4 is 23.4 Å². The third-order valence-electron chi connectivity index (χ3n) is 3.44. The number of rotatable bonds is 5. The Morgan fingerprint density at radius 1 is 1.22 bits per heavy atom. The highest BCUT2D eigenvalue weighted by Crippen LogP contribution is 2.34. The van der Waals surface area contributed by atoms with Gasteiger partial charge in [0, 0.05) is 17.2 Å². The molecule has 0 heterocycles. The molecule has 1 N–H and O–H groups in total. The molecular weight excluding hydrogens is 372 g/mol. The predicted molar refractivity (Wildman–Crippen MR) is 102 cm³/mol. The minimum absolute atomic E-state index is 0.0393. The van der Waals surface area contributed by atoms with Crippen LogP contribution in [0, 0.1) is 10.1 Å². The number of halogens is 1. The first kappa shape index (κ1) is 20.5. The number of ether oxygens (including phenoxy) is 2. The summed E-state index contributed by atoms with van der Waals surface area (Å²) in [5.41, 5.74) is -0.0342. The molecule has 2 rings (SSSR count). The first-order valence-electron chi connectivity index (χ1n) is 8.26. The second-order valence-corrected chi connectivity index (χ2v) is 7.35. The van der Waals surface area contributed by atoms with Gasteiger partial charge in [0.05, 0.1) is 11.0 Å². The smallest absolute Gasteiger partial charge is 0.408 e. The van der Waals surface area contributed by atoms with Crippen molar-refractivity contribution in [3.8, 4) is 11.5 Å². The van der Waals surface area contributed by atoms with Gasteiger partial charge < -0.3 is 14.8 Å². The van der Waals surface area contributed by atoms with Gasteiger partial charge in [0.15, 0.2) is 0 Å². The normalized spacial score (nSPS) is 12.2. The molecule has 0 aliphatic heterocycles. The van der Waals surface area contributed by atoms with Gasteiger partial charge in [-0.05, 0) is 51.5 Å². The number of amides is 1. The number of carbonyl (C=O) groups excluding carboxylic acids is 1. The number of nitro benzene ring substituents is 1. The Bertz CT molecular complexity index is 848. The van der Waals surface area contributed by atoms with Crippen LogP contribution >= 0.6 is 11.6 Å². The van der Waals surface area contributed by atoms with E-state index in [9.17, 15) is 14.9 Å². The van der Waals surface area contributed by atoms with Gasteiger partial charge in [0.25, 0.3) is 0 Å². The van der Waals surface area contributed by atoms with Crippen molar-refractivity contribution in [1.29, 1.82) is 0 Å². The molecule has 0 saturated carbocycles. The molecule has 1 amide bonds. The lowest BCUT2D eigenvalue weighted by atomic mass is 10.1. The van der Waals surface area contributed by atoms with E-state index in [1.54, 1.807) is 52.0 Å². The predicted octanol–water partition coefficient (Wildman–Crippen LogP) is 5.63. The van der Waals surface area contributed by atoms with Crippen LogP contribution in [0.1, 0.15) is 39.3 Å².